The van der Waals surface area contributed by atoms with E-state index in [9.17, 15) is 0 Å². The smallest absolute Gasteiger partial charge is 0.322 e. The van der Waals surface area contributed by atoms with Crippen LogP contribution < -0.4 is 14.5 Å². The number of anilines is 3. The summed E-state index contributed by atoms with van der Waals surface area (Å²) in [6, 6.07) is 8.33. The number of likely N-dealkylation sites (N-methyl/N-ethyl adjacent to an activating group) is 1. The van der Waals surface area contributed by atoms with Crippen LogP contribution in [0, 0.1) is 0 Å². The van der Waals surface area contributed by atoms with E-state index >= 15 is 0 Å². The van der Waals surface area contributed by atoms with Crippen molar-refractivity contribution in [3.8, 4) is 6.01 Å². The zero-order valence-electron chi connectivity index (χ0n) is 11.2. The highest BCUT2D eigenvalue weighted by Crippen LogP contribution is 2.35. The van der Waals surface area contributed by atoms with Crippen molar-refractivity contribution in [3.05, 3.63) is 29.5 Å². The fourth-order valence-electron chi connectivity index (χ4n) is 2.25. The number of halogens is 1. The van der Waals surface area contributed by atoms with Crippen LogP contribution >= 0.6 is 11.6 Å². The van der Waals surface area contributed by atoms with Crippen LogP contribution in [0.5, 0.6) is 6.01 Å². The first kappa shape index (κ1) is 12.9. The third-order valence-corrected chi connectivity index (χ3v) is 3.41. The van der Waals surface area contributed by atoms with Crippen LogP contribution in [0.3, 0.4) is 0 Å². The van der Waals surface area contributed by atoms with E-state index in [2.05, 4.69) is 33.0 Å². The second kappa shape index (κ2) is 5.13. The number of benzene rings is 1. The van der Waals surface area contributed by atoms with Crippen molar-refractivity contribution in [2.75, 3.05) is 37.0 Å². The fourth-order valence-corrected chi connectivity index (χ4v) is 2.40. The van der Waals surface area contributed by atoms with Gasteiger partial charge in [-0.15, -0.1) is 0 Å². The molecule has 6 nitrogen and oxygen atoms in total. The van der Waals surface area contributed by atoms with Gasteiger partial charge >= 0.3 is 6.01 Å². The van der Waals surface area contributed by atoms with Crippen LogP contribution in [-0.4, -0.2) is 42.2 Å². The molecule has 2 aromatic rings. The van der Waals surface area contributed by atoms with Crippen molar-refractivity contribution in [2.24, 2.45) is 0 Å². The largest absolute Gasteiger partial charge is 0.467 e. The van der Waals surface area contributed by atoms with Crippen molar-refractivity contribution in [1.82, 2.24) is 15.0 Å². The summed E-state index contributed by atoms with van der Waals surface area (Å²) in [7, 11) is 3.57. The Balaban J connectivity index is 2.07. The van der Waals surface area contributed by atoms with Gasteiger partial charge < -0.3 is 14.5 Å². The number of methoxy groups -OCH3 is 1. The first-order valence-electron chi connectivity index (χ1n) is 6.22. The monoisotopic (exact) mass is 291 g/mol. The lowest BCUT2D eigenvalue weighted by molar-refractivity contribution is 0.378. The molecule has 1 aromatic heterocycles. The predicted molar refractivity (Wildman–Crippen MR) is 78.1 cm³/mol. The Hall–Kier alpha value is -2.08. The minimum atomic E-state index is 0.128. The second-order valence-electron chi connectivity index (χ2n) is 4.45. The molecule has 0 unspecified atom stereocenters. The molecule has 0 saturated heterocycles. The maximum Gasteiger partial charge on any atom is 0.322 e. The molecule has 7 heteroatoms. The number of aromatic nitrogens is 3. The van der Waals surface area contributed by atoms with E-state index in [4.69, 9.17) is 16.3 Å². The molecule has 104 valence electrons. The molecule has 1 aliphatic heterocycles. The molecule has 0 atom stereocenters. The van der Waals surface area contributed by atoms with Gasteiger partial charge in [-0.2, -0.15) is 15.0 Å². The van der Waals surface area contributed by atoms with E-state index in [1.165, 1.54) is 7.11 Å². The van der Waals surface area contributed by atoms with Crippen molar-refractivity contribution in [1.29, 1.82) is 0 Å². The average molecular weight is 292 g/mol. The maximum absolute atomic E-state index is 5.92. The van der Waals surface area contributed by atoms with Gasteiger partial charge in [0.2, 0.25) is 11.2 Å². The lowest BCUT2D eigenvalue weighted by Gasteiger charge is -2.35. The number of para-hydroxylation sites is 2. The molecule has 0 saturated carbocycles. The second-order valence-corrected chi connectivity index (χ2v) is 4.79. The number of hydrogen-bond donors (Lipinski definition) is 0. The van der Waals surface area contributed by atoms with Crippen molar-refractivity contribution < 1.29 is 4.74 Å². The molecule has 0 spiro atoms. The van der Waals surface area contributed by atoms with Gasteiger partial charge in [-0.25, -0.2) is 0 Å². The summed E-state index contributed by atoms with van der Waals surface area (Å²) in [6.45, 7) is 1.65. The van der Waals surface area contributed by atoms with Gasteiger partial charge in [0, 0.05) is 20.1 Å². The van der Waals surface area contributed by atoms with Gasteiger partial charge in [0.15, 0.2) is 0 Å². The Labute approximate surface area is 122 Å². The fraction of sp³-hybridized carbons (Fsp3) is 0.308. The van der Waals surface area contributed by atoms with Gasteiger partial charge in [-0.05, 0) is 23.7 Å². The molecule has 1 aromatic carbocycles. The predicted octanol–water partition coefficient (Wildman–Crippen LogP) is 2.12. The first-order chi connectivity index (χ1) is 9.69. The first-order valence-corrected chi connectivity index (χ1v) is 6.60. The molecule has 0 radical (unpaired) electrons. The topological polar surface area (TPSA) is 54.4 Å². The minimum Gasteiger partial charge on any atom is -0.467 e. The Morgan fingerprint density at radius 3 is 2.60 bits per heavy atom. The normalized spacial score (nSPS) is 14.2. The molecular formula is C13H14ClN5O. The highest BCUT2D eigenvalue weighted by Gasteiger charge is 2.23. The molecule has 0 aliphatic carbocycles. The quantitative estimate of drug-likeness (QED) is 0.845. The lowest BCUT2D eigenvalue weighted by Crippen LogP contribution is -2.37. The number of hydrogen-bond acceptors (Lipinski definition) is 6. The zero-order chi connectivity index (χ0) is 14.1. The molecule has 3 rings (SSSR count). The Kier molecular flexibility index (Phi) is 3.31. The SMILES string of the molecule is COc1nc(Cl)nc(N2CCN(C)c3ccccc32)n1. The van der Waals surface area contributed by atoms with E-state index in [-0.39, 0.29) is 11.3 Å². The average Bonchev–Trinajstić information content (AvgIpc) is 2.47. The summed E-state index contributed by atoms with van der Waals surface area (Å²) < 4.78 is 5.05. The molecule has 20 heavy (non-hydrogen) atoms. The summed E-state index contributed by atoms with van der Waals surface area (Å²) in [5, 5.41) is 0.128. The van der Waals surface area contributed by atoms with Crippen LogP contribution in [0.25, 0.3) is 0 Å². The number of fused-ring (bicyclic) bond motifs is 1. The number of nitrogens with zero attached hydrogens (tertiary/aromatic N) is 5. The summed E-state index contributed by atoms with van der Waals surface area (Å²) in [5.74, 6) is 0.502. The lowest BCUT2D eigenvalue weighted by atomic mass is 10.2. The van der Waals surface area contributed by atoms with E-state index in [0.717, 1.165) is 24.5 Å². The van der Waals surface area contributed by atoms with Gasteiger partial charge in [-0.3, -0.25) is 0 Å². The summed E-state index contributed by atoms with van der Waals surface area (Å²) in [6.07, 6.45) is 0. The maximum atomic E-state index is 5.92. The van der Waals surface area contributed by atoms with E-state index in [1.807, 2.05) is 23.1 Å². The molecule has 0 N–H and O–H groups in total. The van der Waals surface area contributed by atoms with Crippen molar-refractivity contribution in [2.45, 2.75) is 0 Å². The van der Waals surface area contributed by atoms with Crippen LogP contribution in [0.1, 0.15) is 0 Å². The van der Waals surface area contributed by atoms with Gasteiger partial charge in [0.05, 0.1) is 18.5 Å². The van der Waals surface area contributed by atoms with Gasteiger partial charge in [0.1, 0.15) is 0 Å². The van der Waals surface area contributed by atoms with E-state index in [1.54, 1.807) is 0 Å². The summed E-state index contributed by atoms with van der Waals surface area (Å²) in [4.78, 5) is 16.6. The Morgan fingerprint density at radius 2 is 1.85 bits per heavy atom. The molecule has 2 heterocycles. The molecular weight excluding hydrogens is 278 g/mol. The third-order valence-electron chi connectivity index (χ3n) is 3.24. The standard InChI is InChI=1S/C13H14ClN5O/c1-18-7-8-19(10-6-4-3-5-9(10)18)12-15-11(14)16-13(17-12)20-2/h3-6H,7-8H2,1-2H3. The van der Waals surface area contributed by atoms with Gasteiger partial charge in [0.25, 0.3) is 0 Å². The van der Waals surface area contributed by atoms with Crippen LogP contribution in [0.15, 0.2) is 24.3 Å². The number of rotatable bonds is 2. The Bertz CT molecular complexity index is 636. The molecule has 0 bridgehead atoms. The summed E-state index contributed by atoms with van der Waals surface area (Å²) >= 11 is 5.92. The molecule has 0 fully saturated rings. The van der Waals surface area contributed by atoms with E-state index < -0.39 is 0 Å². The Morgan fingerprint density at radius 1 is 1.10 bits per heavy atom. The minimum absolute atomic E-state index is 0.128. The highest BCUT2D eigenvalue weighted by molar-refractivity contribution is 6.28. The third kappa shape index (κ3) is 2.22. The van der Waals surface area contributed by atoms with Gasteiger partial charge in [-0.1, -0.05) is 12.1 Å². The zero-order valence-corrected chi connectivity index (χ0v) is 12.0. The van der Waals surface area contributed by atoms with Crippen molar-refractivity contribution in [3.63, 3.8) is 0 Å². The van der Waals surface area contributed by atoms with Crippen LogP contribution in [0.4, 0.5) is 17.3 Å². The molecule has 1 aliphatic rings. The highest BCUT2D eigenvalue weighted by atomic mass is 35.5. The van der Waals surface area contributed by atoms with Crippen LogP contribution in [-0.2, 0) is 0 Å². The van der Waals surface area contributed by atoms with Crippen LogP contribution in [0.2, 0.25) is 5.28 Å². The summed E-state index contributed by atoms with van der Waals surface area (Å²) in [5.41, 5.74) is 2.18. The van der Waals surface area contributed by atoms with Crippen molar-refractivity contribution >= 4 is 28.9 Å². The number of ether oxygens (including phenoxy) is 1. The molecule has 0 amide bonds. The van der Waals surface area contributed by atoms with E-state index in [0.29, 0.717) is 5.95 Å².